The minimum atomic E-state index is -0.966. The van der Waals surface area contributed by atoms with E-state index in [2.05, 4.69) is 4.90 Å². The first-order valence-corrected chi connectivity index (χ1v) is 10.2. The number of nitrogens with zero attached hydrogens (tertiary/aromatic N) is 2. The second-order valence-electron chi connectivity index (χ2n) is 7.19. The lowest BCUT2D eigenvalue weighted by molar-refractivity contribution is -0.145. The Hall–Kier alpha value is -2.48. The van der Waals surface area contributed by atoms with E-state index in [4.69, 9.17) is 21.4 Å². The zero-order chi connectivity index (χ0) is 21.5. The fourth-order valence-electron chi connectivity index (χ4n) is 3.48. The quantitative estimate of drug-likeness (QED) is 0.686. The monoisotopic (exact) mass is 434 g/mol. The van der Waals surface area contributed by atoms with Crippen LogP contribution in [0.5, 0.6) is 0 Å². The van der Waals surface area contributed by atoms with Crippen molar-refractivity contribution in [3.05, 3.63) is 64.9 Å². The Kier molecular flexibility index (Phi) is 7.79. The average Bonchev–Trinajstić information content (AvgIpc) is 2.74. The molecule has 1 N–H and O–H groups in total. The highest BCUT2D eigenvalue weighted by Crippen LogP contribution is 2.21. The van der Waals surface area contributed by atoms with Crippen molar-refractivity contribution in [2.75, 3.05) is 37.7 Å². The van der Waals surface area contributed by atoms with Crippen molar-refractivity contribution < 1.29 is 23.8 Å². The Morgan fingerprint density at radius 1 is 1.17 bits per heavy atom. The van der Waals surface area contributed by atoms with Crippen molar-refractivity contribution in [1.82, 2.24) is 4.90 Å². The van der Waals surface area contributed by atoms with E-state index in [1.54, 1.807) is 35.2 Å². The number of amides is 1. The molecule has 0 aliphatic carbocycles. The third-order valence-corrected chi connectivity index (χ3v) is 5.32. The van der Waals surface area contributed by atoms with Crippen molar-refractivity contribution in [1.29, 1.82) is 0 Å². The molecule has 1 aliphatic heterocycles. The van der Waals surface area contributed by atoms with Gasteiger partial charge in [0.1, 0.15) is 12.4 Å². The van der Waals surface area contributed by atoms with E-state index in [1.165, 1.54) is 18.2 Å². The number of carbonyl (C=O) groups excluding carboxylic acids is 1. The number of likely N-dealkylation sites (tertiary alicyclic amines) is 1. The van der Waals surface area contributed by atoms with Crippen LogP contribution in [0, 0.1) is 5.82 Å². The van der Waals surface area contributed by atoms with Gasteiger partial charge in [-0.2, -0.15) is 0 Å². The molecule has 6 nitrogen and oxygen atoms in total. The van der Waals surface area contributed by atoms with Gasteiger partial charge in [0, 0.05) is 42.5 Å². The zero-order valence-electron chi connectivity index (χ0n) is 16.5. The first-order chi connectivity index (χ1) is 14.4. The summed E-state index contributed by atoms with van der Waals surface area (Å²) in [6, 6.07) is 12.6. The fourth-order valence-corrected chi connectivity index (χ4v) is 3.60. The van der Waals surface area contributed by atoms with Gasteiger partial charge in [0.25, 0.3) is 5.91 Å². The molecule has 30 heavy (non-hydrogen) atoms. The summed E-state index contributed by atoms with van der Waals surface area (Å²) in [6.07, 6.45) is 1.43. The van der Waals surface area contributed by atoms with Gasteiger partial charge in [0.15, 0.2) is 0 Å². The fraction of sp³-hybridized carbons (Fsp3) is 0.364. The molecule has 0 saturated carbocycles. The van der Waals surface area contributed by atoms with E-state index in [1.807, 2.05) is 0 Å². The number of hydrogen-bond donors (Lipinski definition) is 1. The second-order valence-corrected chi connectivity index (χ2v) is 7.63. The van der Waals surface area contributed by atoms with Crippen molar-refractivity contribution in [3.8, 4) is 0 Å². The molecule has 8 heteroatoms. The van der Waals surface area contributed by atoms with Gasteiger partial charge in [-0.25, -0.2) is 9.18 Å². The van der Waals surface area contributed by atoms with Crippen LogP contribution in [-0.4, -0.2) is 60.8 Å². The largest absolute Gasteiger partial charge is 0.480 e. The standard InChI is InChI=1S/C22H24ClFN2O4/c23-17-4-6-19(7-5-17)26(22(29)16-2-1-3-18(24)14-16)13-12-25-10-8-20(9-11-25)30-15-21(27)28/h1-7,14,20H,8-13,15H2,(H,27,28). The van der Waals surface area contributed by atoms with Gasteiger partial charge in [0.05, 0.1) is 6.10 Å². The molecule has 1 fully saturated rings. The Morgan fingerprint density at radius 3 is 2.50 bits per heavy atom. The predicted octanol–water partition coefficient (Wildman–Crippen LogP) is 3.69. The predicted molar refractivity (Wildman–Crippen MR) is 113 cm³/mol. The number of ether oxygens (including phenoxy) is 1. The molecule has 0 atom stereocenters. The molecule has 1 heterocycles. The van der Waals surface area contributed by atoms with Gasteiger partial charge in [-0.3, -0.25) is 4.79 Å². The summed E-state index contributed by atoms with van der Waals surface area (Å²) in [7, 11) is 0. The van der Waals surface area contributed by atoms with Gasteiger partial charge in [-0.05, 0) is 55.3 Å². The second kappa shape index (κ2) is 10.5. The lowest BCUT2D eigenvalue weighted by Crippen LogP contribution is -2.43. The van der Waals surface area contributed by atoms with Crippen LogP contribution in [0.2, 0.25) is 5.02 Å². The van der Waals surface area contributed by atoms with Gasteiger partial charge >= 0.3 is 5.97 Å². The van der Waals surface area contributed by atoms with Crippen LogP contribution in [-0.2, 0) is 9.53 Å². The minimum absolute atomic E-state index is 0.0568. The smallest absolute Gasteiger partial charge is 0.329 e. The Labute approximate surface area is 179 Å². The van der Waals surface area contributed by atoms with E-state index >= 15 is 0 Å². The first kappa shape index (κ1) is 22.2. The topological polar surface area (TPSA) is 70.1 Å². The number of anilines is 1. The third-order valence-electron chi connectivity index (χ3n) is 5.07. The van der Waals surface area contributed by atoms with Crippen LogP contribution in [0.3, 0.4) is 0 Å². The van der Waals surface area contributed by atoms with Crippen LogP contribution in [0.25, 0.3) is 0 Å². The number of carboxylic acids is 1. The summed E-state index contributed by atoms with van der Waals surface area (Å²) in [5.41, 5.74) is 0.971. The molecular formula is C22H24ClFN2O4. The Morgan fingerprint density at radius 2 is 1.87 bits per heavy atom. The molecule has 1 amide bonds. The van der Waals surface area contributed by atoms with Crippen molar-refractivity contribution in [3.63, 3.8) is 0 Å². The summed E-state index contributed by atoms with van der Waals surface area (Å²) >= 11 is 5.98. The van der Waals surface area contributed by atoms with Crippen LogP contribution in [0.15, 0.2) is 48.5 Å². The number of benzene rings is 2. The third kappa shape index (κ3) is 6.26. The van der Waals surface area contributed by atoms with Crippen LogP contribution >= 0.6 is 11.6 Å². The lowest BCUT2D eigenvalue weighted by Gasteiger charge is -2.33. The summed E-state index contributed by atoms with van der Waals surface area (Å²) < 4.78 is 19.0. The molecule has 0 unspecified atom stereocenters. The van der Waals surface area contributed by atoms with Crippen molar-refractivity contribution in [2.45, 2.75) is 18.9 Å². The van der Waals surface area contributed by atoms with Crippen LogP contribution in [0.4, 0.5) is 10.1 Å². The number of rotatable bonds is 8. The zero-order valence-corrected chi connectivity index (χ0v) is 17.2. The van der Waals surface area contributed by atoms with Gasteiger partial charge in [0.2, 0.25) is 0 Å². The molecule has 1 aliphatic rings. The highest BCUT2D eigenvalue weighted by atomic mass is 35.5. The summed E-state index contributed by atoms with van der Waals surface area (Å²) in [4.78, 5) is 27.6. The van der Waals surface area contributed by atoms with Gasteiger partial charge < -0.3 is 19.6 Å². The Bertz CT molecular complexity index is 870. The maximum atomic E-state index is 13.6. The summed E-state index contributed by atoms with van der Waals surface area (Å²) in [6.45, 7) is 2.30. The Balaban J connectivity index is 1.64. The van der Waals surface area contributed by atoms with E-state index < -0.39 is 11.8 Å². The van der Waals surface area contributed by atoms with Crippen LogP contribution in [0.1, 0.15) is 23.2 Å². The first-order valence-electron chi connectivity index (χ1n) is 9.81. The number of halogens is 2. The van der Waals surface area contributed by atoms with E-state index in [-0.39, 0.29) is 24.2 Å². The molecule has 1 saturated heterocycles. The summed E-state index contributed by atoms with van der Waals surface area (Å²) in [5, 5.41) is 9.30. The molecule has 0 aromatic heterocycles. The lowest BCUT2D eigenvalue weighted by atomic mass is 10.1. The number of carboxylic acid groups (broad SMARTS) is 1. The molecule has 160 valence electrons. The SMILES string of the molecule is O=C(O)COC1CCN(CCN(C(=O)c2cccc(F)c2)c2ccc(Cl)cc2)CC1. The molecule has 2 aromatic carbocycles. The normalized spacial score (nSPS) is 15.1. The molecule has 2 aromatic rings. The minimum Gasteiger partial charge on any atom is -0.480 e. The number of aliphatic carboxylic acids is 1. The highest BCUT2D eigenvalue weighted by Gasteiger charge is 2.23. The number of piperidine rings is 1. The van der Waals surface area contributed by atoms with Gasteiger partial charge in [-0.1, -0.05) is 17.7 Å². The van der Waals surface area contributed by atoms with Crippen molar-refractivity contribution in [2.24, 2.45) is 0 Å². The van der Waals surface area contributed by atoms with Gasteiger partial charge in [-0.15, -0.1) is 0 Å². The number of hydrogen-bond acceptors (Lipinski definition) is 4. The van der Waals surface area contributed by atoms with Crippen molar-refractivity contribution >= 4 is 29.2 Å². The molecular weight excluding hydrogens is 411 g/mol. The van der Waals surface area contributed by atoms with E-state index in [0.717, 1.165) is 25.9 Å². The van der Waals surface area contributed by atoms with Crippen LogP contribution < -0.4 is 4.90 Å². The molecule has 0 radical (unpaired) electrons. The highest BCUT2D eigenvalue weighted by molar-refractivity contribution is 6.30. The maximum Gasteiger partial charge on any atom is 0.329 e. The van der Waals surface area contributed by atoms with E-state index in [0.29, 0.717) is 23.8 Å². The average molecular weight is 435 g/mol. The number of carbonyl (C=O) groups is 2. The maximum absolute atomic E-state index is 13.6. The molecule has 0 bridgehead atoms. The molecule has 3 rings (SSSR count). The van der Waals surface area contributed by atoms with E-state index in [9.17, 15) is 14.0 Å². The molecule has 0 spiro atoms. The summed E-state index contributed by atoms with van der Waals surface area (Å²) in [5.74, 6) is -1.70.